The molecule has 0 spiro atoms. The second-order valence-electron chi connectivity index (χ2n) is 7.80. The summed E-state index contributed by atoms with van der Waals surface area (Å²) in [4.78, 5) is 24.8. The number of nitrogens with zero attached hydrogens (tertiary/aromatic N) is 4. The van der Waals surface area contributed by atoms with E-state index in [1.807, 2.05) is 0 Å². The van der Waals surface area contributed by atoms with Gasteiger partial charge in [0.1, 0.15) is 24.1 Å². The van der Waals surface area contributed by atoms with Crippen molar-refractivity contribution in [2.24, 2.45) is 11.8 Å². The van der Waals surface area contributed by atoms with Crippen molar-refractivity contribution in [2.75, 3.05) is 5.73 Å². The number of fused-ring (bicyclic) bond motifs is 3. The first-order valence-electron chi connectivity index (χ1n) is 9.28. The van der Waals surface area contributed by atoms with Gasteiger partial charge in [-0.15, -0.1) is 0 Å². The van der Waals surface area contributed by atoms with E-state index in [4.69, 9.17) is 10.5 Å². The van der Waals surface area contributed by atoms with E-state index in [9.17, 15) is 15.0 Å². The fraction of sp³-hybridized carbons (Fsp3) is 0.647. The molecule has 5 rings (SSSR count). The molecule has 2 aliphatic carbocycles. The number of ether oxygens (including phenoxy) is 1. The van der Waals surface area contributed by atoms with Gasteiger partial charge >= 0.3 is 0 Å². The van der Waals surface area contributed by atoms with Crippen LogP contribution in [0.4, 0.5) is 5.82 Å². The predicted molar refractivity (Wildman–Crippen MR) is 93.0 cm³/mol. The number of anilines is 1. The van der Waals surface area contributed by atoms with Crippen LogP contribution >= 0.6 is 0 Å². The third-order valence-corrected chi connectivity index (χ3v) is 6.22. The zero-order chi connectivity index (χ0) is 18.7. The lowest BCUT2D eigenvalue weighted by Crippen LogP contribution is -2.48. The van der Waals surface area contributed by atoms with E-state index in [1.54, 1.807) is 0 Å². The first-order valence-corrected chi connectivity index (χ1v) is 9.28. The molecule has 0 aromatic carbocycles. The van der Waals surface area contributed by atoms with Crippen molar-refractivity contribution >= 4 is 22.9 Å². The Balaban J connectivity index is 1.35. The molecule has 1 saturated heterocycles. The highest BCUT2D eigenvalue weighted by Gasteiger charge is 2.49. The number of carbonyl (C=O) groups excluding carboxylic acids is 1. The molecule has 5 N–H and O–H groups in total. The highest BCUT2D eigenvalue weighted by Crippen LogP contribution is 2.44. The van der Waals surface area contributed by atoms with Gasteiger partial charge in [-0.3, -0.25) is 9.36 Å². The van der Waals surface area contributed by atoms with Crippen LogP contribution in [0.25, 0.3) is 11.2 Å². The number of aliphatic hydroxyl groups excluding tert-OH is 2. The van der Waals surface area contributed by atoms with Crippen molar-refractivity contribution in [1.29, 1.82) is 0 Å². The molecule has 0 radical (unpaired) electrons. The second-order valence-corrected chi connectivity index (χ2v) is 7.80. The molecule has 7 atom stereocenters. The molecule has 10 nitrogen and oxygen atoms in total. The Kier molecular flexibility index (Phi) is 3.81. The summed E-state index contributed by atoms with van der Waals surface area (Å²) in [7, 11) is 0. The Bertz CT molecular complexity index is 887. The van der Waals surface area contributed by atoms with E-state index < -0.39 is 24.5 Å². The van der Waals surface area contributed by atoms with Gasteiger partial charge < -0.3 is 26.0 Å². The fourth-order valence-corrected chi connectivity index (χ4v) is 4.85. The number of carbonyl (C=O) groups is 1. The highest BCUT2D eigenvalue weighted by molar-refractivity contribution is 5.83. The molecule has 3 fully saturated rings. The summed E-state index contributed by atoms with van der Waals surface area (Å²) in [6, 6.07) is 0.129. The van der Waals surface area contributed by atoms with E-state index in [0.29, 0.717) is 23.0 Å². The van der Waals surface area contributed by atoms with Gasteiger partial charge in [0.05, 0.1) is 6.33 Å². The van der Waals surface area contributed by atoms with Gasteiger partial charge in [0.25, 0.3) is 5.91 Å². The van der Waals surface area contributed by atoms with Crippen LogP contribution in [-0.4, -0.2) is 60.0 Å². The number of aliphatic hydroxyl groups is 2. The summed E-state index contributed by atoms with van der Waals surface area (Å²) in [5.41, 5.74) is 6.52. The first-order chi connectivity index (χ1) is 13.0. The molecular weight excluding hydrogens is 352 g/mol. The standard InChI is InChI=1S/C17H22N6O4/c18-14-10-15(20-5-19-14)23(6-21-10)17-12(25)11(24)13(27-17)16(26)22-9-4-7-1-2-8(9)3-7/h5-9,11-13,17,24-25H,1-4H2,(H,22,26)(H2,18,19,20)/t7-,8+,9?,11+,12-,13+,17-/m1/s1. The number of aromatic nitrogens is 4. The molecule has 2 aromatic rings. The van der Waals surface area contributed by atoms with Crippen molar-refractivity contribution in [3.05, 3.63) is 12.7 Å². The van der Waals surface area contributed by atoms with Gasteiger partial charge in [-0.1, -0.05) is 6.42 Å². The van der Waals surface area contributed by atoms with E-state index in [0.717, 1.165) is 19.3 Å². The SMILES string of the molecule is Nc1ncnc2c1ncn2[C@@H]1O[C@H](C(=O)NC2C[C@@H]3CC[C@H]2C3)[C@@H](O)[C@H]1O. The molecule has 1 amide bonds. The lowest BCUT2D eigenvalue weighted by Gasteiger charge is -2.25. The molecule has 2 bridgehead atoms. The maximum atomic E-state index is 12.7. The molecule has 1 aliphatic heterocycles. The minimum Gasteiger partial charge on any atom is -0.387 e. The van der Waals surface area contributed by atoms with E-state index >= 15 is 0 Å². The summed E-state index contributed by atoms with van der Waals surface area (Å²) in [6.45, 7) is 0. The number of rotatable bonds is 3. The summed E-state index contributed by atoms with van der Waals surface area (Å²) in [5, 5.41) is 23.9. The number of nitrogen functional groups attached to an aromatic ring is 1. The summed E-state index contributed by atoms with van der Waals surface area (Å²) in [5.74, 6) is 1.02. The average Bonchev–Trinajstić information content (AvgIpc) is 3.41. The van der Waals surface area contributed by atoms with Crippen LogP contribution in [0.1, 0.15) is 31.9 Å². The molecule has 10 heteroatoms. The molecule has 3 heterocycles. The molecule has 2 saturated carbocycles. The zero-order valence-corrected chi connectivity index (χ0v) is 14.6. The average molecular weight is 374 g/mol. The van der Waals surface area contributed by atoms with Gasteiger partial charge in [0.15, 0.2) is 23.8 Å². The third-order valence-electron chi connectivity index (χ3n) is 6.22. The van der Waals surface area contributed by atoms with Crippen LogP contribution in [0.5, 0.6) is 0 Å². The molecule has 2 aromatic heterocycles. The normalized spacial score (nSPS) is 37.9. The Morgan fingerprint density at radius 2 is 2.07 bits per heavy atom. The van der Waals surface area contributed by atoms with E-state index in [-0.39, 0.29) is 17.8 Å². The summed E-state index contributed by atoms with van der Waals surface area (Å²) in [6.07, 6.45) is 2.42. The molecule has 144 valence electrons. The van der Waals surface area contributed by atoms with Crippen molar-refractivity contribution in [1.82, 2.24) is 24.8 Å². The molecule has 27 heavy (non-hydrogen) atoms. The number of hydrogen-bond acceptors (Lipinski definition) is 8. The Morgan fingerprint density at radius 3 is 2.81 bits per heavy atom. The summed E-state index contributed by atoms with van der Waals surface area (Å²) < 4.78 is 7.20. The van der Waals surface area contributed by atoms with E-state index in [1.165, 1.54) is 23.6 Å². The Hall–Kier alpha value is -2.30. The van der Waals surface area contributed by atoms with Gasteiger partial charge in [-0.25, -0.2) is 15.0 Å². The lowest BCUT2D eigenvalue weighted by molar-refractivity contribution is -0.138. The zero-order valence-electron chi connectivity index (χ0n) is 14.6. The number of nitrogens with two attached hydrogens (primary N) is 1. The Morgan fingerprint density at radius 1 is 1.22 bits per heavy atom. The number of imidazole rings is 1. The van der Waals surface area contributed by atoms with Gasteiger partial charge in [-0.05, 0) is 31.1 Å². The summed E-state index contributed by atoms with van der Waals surface area (Å²) >= 11 is 0. The van der Waals surface area contributed by atoms with Gasteiger partial charge in [-0.2, -0.15) is 0 Å². The van der Waals surface area contributed by atoms with Crippen LogP contribution in [0.15, 0.2) is 12.7 Å². The number of amides is 1. The van der Waals surface area contributed by atoms with Crippen LogP contribution in [0.3, 0.4) is 0 Å². The van der Waals surface area contributed by atoms with Crippen molar-refractivity contribution in [2.45, 2.75) is 56.3 Å². The lowest BCUT2D eigenvalue weighted by atomic mass is 9.95. The maximum Gasteiger partial charge on any atom is 0.252 e. The fourth-order valence-electron chi connectivity index (χ4n) is 4.85. The van der Waals surface area contributed by atoms with Crippen LogP contribution in [0, 0.1) is 11.8 Å². The van der Waals surface area contributed by atoms with Crippen LogP contribution in [0.2, 0.25) is 0 Å². The monoisotopic (exact) mass is 374 g/mol. The Labute approximate surface area is 154 Å². The van der Waals surface area contributed by atoms with Crippen molar-refractivity contribution < 1.29 is 19.7 Å². The van der Waals surface area contributed by atoms with Crippen LogP contribution < -0.4 is 11.1 Å². The van der Waals surface area contributed by atoms with Crippen molar-refractivity contribution in [3.8, 4) is 0 Å². The van der Waals surface area contributed by atoms with Gasteiger partial charge in [0, 0.05) is 6.04 Å². The minimum atomic E-state index is -1.34. The molecule has 1 unspecified atom stereocenters. The topological polar surface area (TPSA) is 148 Å². The third kappa shape index (κ3) is 2.59. The van der Waals surface area contributed by atoms with Crippen molar-refractivity contribution in [3.63, 3.8) is 0 Å². The van der Waals surface area contributed by atoms with Gasteiger partial charge in [0.2, 0.25) is 0 Å². The maximum absolute atomic E-state index is 12.7. The van der Waals surface area contributed by atoms with E-state index in [2.05, 4.69) is 20.3 Å². The molecular formula is C17H22N6O4. The highest BCUT2D eigenvalue weighted by atomic mass is 16.6. The number of hydrogen-bond donors (Lipinski definition) is 4. The predicted octanol–water partition coefficient (Wildman–Crippen LogP) is -0.667. The minimum absolute atomic E-state index is 0.129. The first kappa shape index (κ1) is 16.8. The smallest absolute Gasteiger partial charge is 0.252 e. The molecule has 3 aliphatic rings. The second kappa shape index (κ2) is 6.11. The largest absolute Gasteiger partial charge is 0.387 e. The number of nitrogens with one attached hydrogen (secondary N) is 1. The quantitative estimate of drug-likeness (QED) is 0.553. The van der Waals surface area contributed by atoms with Crippen LogP contribution in [-0.2, 0) is 9.53 Å².